The van der Waals surface area contributed by atoms with E-state index in [0.29, 0.717) is 5.52 Å². The maximum atomic E-state index is 13.5. The van der Waals surface area contributed by atoms with Crippen molar-refractivity contribution in [2.45, 2.75) is 25.8 Å². The monoisotopic (exact) mass is 412 g/mol. The summed E-state index contributed by atoms with van der Waals surface area (Å²) in [7, 11) is 0. The van der Waals surface area contributed by atoms with E-state index in [9.17, 15) is 18.4 Å². The van der Waals surface area contributed by atoms with E-state index in [4.69, 9.17) is 0 Å². The Bertz CT molecular complexity index is 1090. The molecular weight excluding hydrogens is 390 g/mol. The lowest BCUT2D eigenvalue weighted by Gasteiger charge is -2.29. The Labute approximate surface area is 172 Å². The smallest absolute Gasteiger partial charge is 0.313 e. The van der Waals surface area contributed by atoms with Crippen LogP contribution in [0, 0.1) is 11.6 Å². The lowest BCUT2D eigenvalue weighted by atomic mass is 10.1. The summed E-state index contributed by atoms with van der Waals surface area (Å²) < 4.78 is 26.8. The molecule has 1 aromatic heterocycles. The minimum absolute atomic E-state index is 0.205. The summed E-state index contributed by atoms with van der Waals surface area (Å²) in [5.41, 5.74) is 2.53. The van der Waals surface area contributed by atoms with E-state index in [2.05, 4.69) is 20.5 Å². The standard InChI is InChI=1S/C22H22F2N4O2/c23-17-10-16-19(11-18(17)24)25-13-20(16)27-22(30)21(29)26-12-14-5-4-6-15(9-14)28-7-2-1-3-8-28/h4-6,9-11,13,25H,1-3,7-8,12H2,(H,26,29)(H,27,30). The van der Waals surface area contributed by atoms with Gasteiger partial charge in [-0.15, -0.1) is 0 Å². The highest BCUT2D eigenvalue weighted by Gasteiger charge is 2.17. The van der Waals surface area contributed by atoms with Crippen LogP contribution >= 0.6 is 0 Å². The number of carbonyl (C=O) groups excluding carboxylic acids is 2. The van der Waals surface area contributed by atoms with Crippen molar-refractivity contribution in [2.24, 2.45) is 0 Å². The van der Waals surface area contributed by atoms with Gasteiger partial charge in [-0.1, -0.05) is 12.1 Å². The molecule has 1 fully saturated rings. The summed E-state index contributed by atoms with van der Waals surface area (Å²) in [6, 6.07) is 9.85. The molecule has 30 heavy (non-hydrogen) atoms. The minimum atomic E-state index is -1.03. The Balaban J connectivity index is 1.37. The Hall–Kier alpha value is -3.42. The van der Waals surface area contributed by atoms with Gasteiger partial charge in [-0.3, -0.25) is 9.59 Å². The molecular formula is C22H22F2N4O2. The van der Waals surface area contributed by atoms with Gasteiger partial charge < -0.3 is 20.5 Å². The number of hydrogen-bond acceptors (Lipinski definition) is 3. The predicted molar refractivity (Wildman–Crippen MR) is 111 cm³/mol. The third-order valence-electron chi connectivity index (χ3n) is 5.26. The second-order valence-electron chi connectivity index (χ2n) is 7.37. The Kier molecular flexibility index (Phi) is 5.65. The SMILES string of the molecule is O=C(NCc1cccc(N2CCCCC2)c1)C(=O)Nc1c[nH]c2cc(F)c(F)cc12. The summed E-state index contributed by atoms with van der Waals surface area (Å²) in [5, 5.41) is 5.31. The van der Waals surface area contributed by atoms with E-state index in [1.807, 2.05) is 24.3 Å². The zero-order valence-corrected chi connectivity index (χ0v) is 16.3. The number of H-pyrrole nitrogens is 1. The fourth-order valence-corrected chi connectivity index (χ4v) is 3.68. The zero-order chi connectivity index (χ0) is 21.1. The Morgan fingerprint density at radius 1 is 1.00 bits per heavy atom. The number of carbonyl (C=O) groups is 2. The van der Waals surface area contributed by atoms with Crippen molar-refractivity contribution in [3.63, 3.8) is 0 Å². The van der Waals surface area contributed by atoms with Crippen LogP contribution in [0.15, 0.2) is 42.6 Å². The molecule has 156 valence electrons. The summed E-state index contributed by atoms with van der Waals surface area (Å²) in [6.45, 7) is 2.25. The molecule has 0 atom stereocenters. The van der Waals surface area contributed by atoms with Gasteiger partial charge in [0, 0.05) is 43.0 Å². The van der Waals surface area contributed by atoms with Gasteiger partial charge in [-0.25, -0.2) is 8.78 Å². The molecule has 8 heteroatoms. The quantitative estimate of drug-likeness (QED) is 0.572. The molecule has 2 aromatic carbocycles. The third-order valence-corrected chi connectivity index (χ3v) is 5.26. The fraction of sp³-hybridized carbons (Fsp3) is 0.273. The van der Waals surface area contributed by atoms with Gasteiger partial charge in [-0.2, -0.15) is 0 Å². The summed E-state index contributed by atoms with van der Waals surface area (Å²) in [6.07, 6.45) is 4.98. The van der Waals surface area contributed by atoms with Gasteiger partial charge in [0.1, 0.15) is 0 Å². The molecule has 1 aliphatic heterocycles. The normalized spacial score (nSPS) is 14.0. The maximum absolute atomic E-state index is 13.5. The zero-order valence-electron chi connectivity index (χ0n) is 16.3. The van der Waals surface area contributed by atoms with Crippen LogP contribution in [0.1, 0.15) is 24.8 Å². The van der Waals surface area contributed by atoms with Crippen molar-refractivity contribution in [3.05, 3.63) is 59.8 Å². The van der Waals surface area contributed by atoms with Crippen LogP contribution in [-0.2, 0) is 16.1 Å². The van der Waals surface area contributed by atoms with Crippen LogP contribution in [0.3, 0.4) is 0 Å². The van der Waals surface area contributed by atoms with Crippen molar-refractivity contribution in [1.29, 1.82) is 0 Å². The highest BCUT2D eigenvalue weighted by atomic mass is 19.2. The Morgan fingerprint density at radius 2 is 1.77 bits per heavy atom. The molecule has 2 heterocycles. The van der Waals surface area contributed by atoms with E-state index in [1.54, 1.807) is 0 Å². The predicted octanol–water partition coefficient (Wildman–Crippen LogP) is 3.69. The topological polar surface area (TPSA) is 77.2 Å². The number of rotatable bonds is 4. The summed E-state index contributed by atoms with van der Waals surface area (Å²) in [4.78, 5) is 29.5. The first-order valence-corrected chi connectivity index (χ1v) is 9.90. The maximum Gasteiger partial charge on any atom is 0.313 e. The molecule has 3 aromatic rings. The molecule has 1 saturated heterocycles. The molecule has 0 radical (unpaired) electrons. The van der Waals surface area contributed by atoms with Crippen molar-refractivity contribution in [2.75, 3.05) is 23.3 Å². The number of aromatic nitrogens is 1. The lowest BCUT2D eigenvalue weighted by Crippen LogP contribution is -2.35. The molecule has 0 bridgehead atoms. The van der Waals surface area contributed by atoms with Gasteiger partial charge in [0.25, 0.3) is 0 Å². The van der Waals surface area contributed by atoms with Crippen LogP contribution in [0.25, 0.3) is 10.9 Å². The molecule has 6 nitrogen and oxygen atoms in total. The third kappa shape index (κ3) is 4.27. The second kappa shape index (κ2) is 8.52. The van der Waals surface area contributed by atoms with Gasteiger partial charge in [0.05, 0.1) is 11.2 Å². The van der Waals surface area contributed by atoms with Crippen molar-refractivity contribution in [3.8, 4) is 0 Å². The number of halogens is 2. The van der Waals surface area contributed by atoms with Crippen LogP contribution in [0.2, 0.25) is 0 Å². The number of anilines is 2. The van der Waals surface area contributed by atoms with Crippen LogP contribution in [-0.4, -0.2) is 29.9 Å². The lowest BCUT2D eigenvalue weighted by molar-refractivity contribution is -0.136. The van der Waals surface area contributed by atoms with Gasteiger partial charge >= 0.3 is 11.8 Å². The van der Waals surface area contributed by atoms with E-state index in [-0.39, 0.29) is 17.6 Å². The highest BCUT2D eigenvalue weighted by molar-refractivity contribution is 6.40. The van der Waals surface area contributed by atoms with Crippen LogP contribution < -0.4 is 15.5 Å². The molecule has 0 saturated carbocycles. The fourth-order valence-electron chi connectivity index (χ4n) is 3.68. The van der Waals surface area contributed by atoms with Crippen molar-refractivity contribution >= 4 is 34.1 Å². The van der Waals surface area contributed by atoms with Crippen molar-refractivity contribution < 1.29 is 18.4 Å². The first-order valence-electron chi connectivity index (χ1n) is 9.90. The van der Waals surface area contributed by atoms with Gasteiger partial charge in [0.15, 0.2) is 11.6 Å². The molecule has 0 spiro atoms. The second-order valence-corrected chi connectivity index (χ2v) is 7.37. The van der Waals surface area contributed by atoms with E-state index in [1.165, 1.54) is 25.5 Å². The molecule has 4 rings (SSSR count). The average Bonchev–Trinajstić information content (AvgIpc) is 3.14. The number of nitrogens with one attached hydrogen (secondary N) is 3. The van der Waals surface area contributed by atoms with Crippen LogP contribution in [0.4, 0.5) is 20.2 Å². The number of aromatic amines is 1. The number of hydrogen-bond donors (Lipinski definition) is 3. The first kappa shape index (κ1) is 19.9. The van der Waals surface area contributed by atoms with Crippen LogP contribution in [0.5, 0.6) is 0 Å². The first-order chi connectivity index (χ1) is 14.5. The minimum Gasteiger partial charge on any atom is -0.372 e. The molecule has 0 unspecified atom stereocenters. The summed E-state index contributed by atoms with van der Waals surface area (Å²) in [5.74, 6) is -3.72. The molecule has 3 N–H and O–H groups in total. The van der Waals surface area contributed by atoms with E-state index < -0.39 is 23.4 Å². The number of piperidine rings is 1. The van der Waals surface area contributed by atoms with E-state index in [0.717, 1.165) is 36.5 Å². The van der Waals surface area contributed by atoms with Gasteiger partial charge in [0.2, 0.25) is 0 Å². The highest BCUT2D eigenvalue weighted by Crippen LogP contribution is 2.25. The largest absolute Gasteiger partial charge is 0.372 e. The number of benzene rings is 2. The average molecular weight is 412 g/mol. The number of amides is 2. The number of fused-ring (bicyclic) bond motifs is 1. The van der Waals surface area contributed by atoms with Gasteiger partial charge in [-0.05, 0) is 43.0 Å². The summed E-state index contributed by atoms with van der Waals surface area (Å²) >= 11 is 0. The Morgan fingerprint density at radius 3 is 2.57 bits per heavy atom. The van der Waals surface area contributed by atoms with E-state index >= 15 is 0 Å². The molecule has 0 aliphatic carbocycles. The molecule has 2 amide bonds. The molecule has 1 aliphatic rings. The van der Waals surface area contributed by atoms with Crippen molar-refractivity contribution in [1.82, 2.24) is 10.3 Å². The number of nitrogens with zero attached hydrogens (tertiary/aromatic N) is 1.